The van der Waals surface area contributed by atoms with E-state index < -0.39 is 0 Å². The van der Waals surface area contributed by atoms with E-state index in [1.165, 1.54) is 6.26 Å². The zero-order chi connectivity index (χ0) is 8.10. The lowest BCUT2D eigenvalue weighted by atomic mass is 10.3. The van der Waals surface area contributed by atoms with Crippen molar-refractivity contribution in [1.82, 2.24) is 0 Å². The molecule has 0 spiro atoms. The van der Waals surface area contributed by atoms with Crippen molar-refractivity contribution in [2.24, 2.45) is 0 Å². The molecule has 3 nitrogen and oxygen atoms in total. The first-order chi connectivity index (χ1) is 5.33. The summed E-state index contributed by atoms with van der Waals surface area (Å²) in [5.74, 6) is 0.394. The van der Waals surface area contributed by atoms with Crippen LogP contribution in [0.5, 0.6) is 0 Å². The molecule has 0 fully saturated rings. The fourth-order valence-corrected chi connectivity index (χ4v) is 0.767. The third-order valence-corrected chi connectivity index (χ3v) is 1.20. The van der Waals surface area contributed by atoms with Gasteiger partial charge in [0.05, 0.1) is 12.9 Å². The van der Waals surface area contributed by atoms with Crippen molar-refractivity contribution in [3.8, 4) is 0 Å². The summed E-state index contributed by atoms with van der Waals surface area (Å²) in [5, 5.41) is 0. The molecular weight excluding hydrogens is 144 g/mol. The first kappa shape index (κ1) is 7.85. The first-order valence-corrected chi connectivity index (χ1v) is 3.51. The third kappa shape index (κ3) is 2.45. The number of rotatable bonds is 3. The van der Waals surface area contributed by atoms with Gasteiger partial charge in [-0.15, -0.1) is 0 Å². The summed E-state index contributed by atoms with van der Waals surface area (Å²) in [7, 11) is 0. The van der Waals surface area contributed by atoms with Crippen LogP contribution in [0.2, 0.25) is 0 Å². The second kappa shape index (κ2) is 3.81. The molecule has 1 heterocycles. The molecule has 0 aromatic carbocycles. The maximum Gasteiger partial charge on any atom is 0.313 e. The smallest absolute Gasteiger partial charge is 0.313 e. The number of hydrogen-bond donors (Lipinski definition) is 0. The molecule has 0 radical (unpaired) electrons. The lowest BCUT2D eigenvalue weighted by molar-refractivity contribution is -0.142. The van der Waals surface area contributed by atoms with Crippen LogP contribution in [0.15, 0.2) is 22.8 Å². The van der Waals surface area contributed by atoms with Gasteiger partial charge in [0, 0.05) is 0 Å². The first-order valence-electron chi connectivity index (χ1n) is 3.51. The Labute approximate surface area is 65.0 Å². The van der Waals surface area contributed by atoms with E-state index in [2.05, 4.69) is 0 Å². The van der Waals surface area contributed by atoms with Crippen molar-refractivity contribution in [3.63, 3.8) is 0 Å². The van der Waals surface area contributed by atoms with Gasteiger partial charge in [-0.25, -0.2) is 0 Å². The average molecular weight is 154 g/mol. The van der Waals surface area contributed by atoms with Crippen LogP contribution in [0, 0.1) is 0 Å². The van der Waals surface area contributed by atoms with Gasteiger partial charge in [0.1, 0.15) is 12.2 Å². The Balaban J connectivity index is 2.37. The van der Waals surface area contributed by atoms with Crippen molar-refractivity contribution < 1.29 is 13.9 Å². The lowest BCUT2D eigenvalue weighted by Crippen LogP contribution is -2.06. The molecule has 3 heteroatoms. The van der Waals surface area contributed by atoms with E-state index in [0.29, 0.717) is 12.4 Å². The molecule has 1 aromatic heterocycles. The van der Waals surface area contributed by atoms with Crippen LogP contribution in [0.25, 0.3) is 0 Å². The SMILES string of the molecule is CCOC(=O)Cc1ccco1. The minimum absolute atomic E-state index is 0.223. The minimum atomic E-state index is -0.248. The molecule has 0 N–H and O–H groups in total. The van der Waals surface area contributed by atoms with E-state index in [9.17, 15) is 4.79 Å². The fourth-order valence-electron chi connectivity index (χ4n) is 0.767. The van der Waals surface area contributed by atoms with Gasteiger partial charge in [-0.3, -0.25) is 4.79 Å². The summed E-state index contributed by atoms with van der Waals surface area (Å²) < 4.78 is 9.67. The van der Waals surface area contributed by atoms with Crippen LogP contribution in [0.4, 0.5) is 0 Å². The molecule has 1 rings (SSSR count). The molecule has 11 heavy (non-hydrogen) atoms. The molecule has 60 valence electrons. The van der Waals surface area contributed by atoms with E-state index >= 15 is 0 Å². The molecular formula is C8H10O3. The van der Waals surface area contributed by atoms with Crippen molar-refractivity contribution in [3.05, 3.63) is 24.2 Å². The summed E-state index contributed by atoms with van der Waals surface area (Å²) in [6, 6.07) is 3.49. The Hall–Kier alpha value is -1.25. The van der Waals surface area contributed by atoms with E-state index in [1.54, 1.807) is 19.1 Å². The summed E-state index contributed by atoms with van der Waals surface area (Å²) in [5.41, 5.74) is 0. The maximum atomic E-state index is 10.8. The topological polar surface area (TPSA) is 39.4 Å². The molecule has 0 aliphatic heterocycles. The Morgan fingerprint density at radius 2 is 2.55 bits per heavy atom. The van der Waals surface area contributed by atoms with Crippen LogP contribution >= 0.6 is 0 Å². The van der Waals surface area contributed by atoms with Crippen molar-refractivity contribution in [2.75, 3.05) is 6.61 Å². The predicted molar refractivity (Wildman–Crippen MR) is 39.0 cm³/mol. The van der Waals surface area contributed by atoms with Gasteiger partial charge in [-0.1, -0.05) is 0 Å². The van der Waals surface area contributed by atoms with Gasteiger partial charge in [0.2, 0.25) is 0 Å². The highest BCUT2D eigenvalue weighted by Crippen LogP contribution is 2.01. The largest absolute Gasteiger partial charge is 0.469 e. The van der Waals surface area contributed by atoms with Crippen molar-refractivity contribution in [1.29, 1.82) is 0 Å². The molecule has 0 saturated carbocycles. The van der Waals surface area contributed by atoms with Crippen LogP contribution in [-0.4, -0.2) is 12.6 Å². The van der Waals surface area contributed by atoms with Crippen LogP contribution in [0.1, 0.15) is 12.7 Å². The molecule has 1 aromatic rings. The number of ether oxygens (including phenoxy) is 1. The predicted octanol–water partition coefficient (Wildman–Crippen LogP) is 1.39. The van der Waals surface area contributed by atoms with E-state index in [0.717, 1.165) is 0 Å². The highest BCUT2D eigenvalue weighted by Gasteiger charge is 2.04. The molecule has 0 saturated heterocycles. The summed E-state index contributed by atoms with van der Waals surface area (Å²) in [6.07, 6.45) is 1.76. The van der Waals surface area contributed by atoms with E-state index in [-0.39, 0.29) is 12.4 Å². The molecule has 0 amide bonds. The Morgan fingerprint density at radius 1 is 1.73 bits per heavy atom. The third-order valence-electron chi connectivity index (χ3n) is 1.20. The van der Waals surface area contributed by atoms with E-state index in [4.69, 9.17) is 9.15 Å². The fraction of sp³-hybridized carbons (Fsp3) is 0.375. The molecule has 0 bridgehead atoms. The number of carbonyl (C=O) groups excluding carboxylic acids is 1. The zero-order valence-electron chi connectivity index (χ0n) is 6.37. The van der Waals surface area contributed by atoms with Crippen LogP contribution < -0.4 is 0 Å². The number of esters is 1. The minimum Gasteiger partial charge on any atom is -0.469 e. The van der Waals surface area contributed by atoms with Gasteiger partial charge in [-0.2, -0.15) is 0 Å². The van der Waals surface area contributed by atoms with Gasteiger partial charge >= 0.3 is 5.97 Å². The Bertz CT molecular complexity index is 213. The molecule has 0 atom stereocenters. The average Bonchev–Trinajstić information content (AvgIpc) is 2.40. The van der Waals surface area contributed by atoms with Gasteiger partial charge in [0.25, 0.3) is 0 Å². The summed E-state index contributed by atoms with van der Waals surface area (Å²) in [6.45, 7) is 2.19. The Morgan fingerprint density at radius 3 is 3.09 bits per heavy atom. The van der Waals surface area contributed by atoms with Crippen LogP contribution in [0.3, 0.4) is 0 Å². The molecule has 0 aliphatic carbocycles. The van der Waals surface area contributed by atoms with Crippen LogP contribution in [-0.2, 0) is 16.0 Å². The van der Waals surface area contributed by atoms with Crippen molar-refractivity contribution >= 4 is 5.97 Å². The molecule has 0 aliphatic rings. The summed E-state index contributed by atoms with van der Waals surface area (Å²) >= 11 is 0. The number of hydrogen-bond acceptors (Lipinski definition) is 3. The standard InChI is InChI=1S/C8H10O3/c1-2-10-8(9)6-7-4-3-5-11-7/h3-5H,2,6H2,1H3. The second-order valence-corrected chi connectivity index (χ2v) is 2.06. The zero-order valence-corrected chi connectivity index (χ0v) is 6.37. The highest BCUT2D eigenvalue weighted by atomic mass is 16.5. The van der Waals surface area contributed by atoms with Gasteiger partial charge < -0.3 is 9.15 Å². The van der Waals surface area contributed by atoms with Gasteiger partial charge in [0.15, 0.2) is 0 Å². The monoisotopic (exact) mass is 154 g/mol. The van der Waals surface area contributed by atoms with E-state index in [1.807, 2.05) is 0 Å². The molecule has 0 unspecified atom stereocenters. The quantitative estimate of drug-likeness (QED) is 0.617. The number of carbonyl (C=O) groups is 1. The Kier molecular flexibility index (Phi) is 2.72. The lowest BCUT2D eigenvalue weighted by Gasteiger charge is -1.97. The number of furan rings is 1. The normalized spacial score (nSPS) is 9.55. The summed E-state index contributed by atoms with van der Waals surface area (Å²) in [4.78, 5) is 10.8. The second-order valence-electron chi connectivity index (χ2n) is 2.06. The van der Waals surface area contributed by atoms with Gasteiger partial charge in [-0.05, 0) is 19.1 Å². The maximum absolute atomic E-state index is 10.8. The highest BCUT2D eigenvalue weighted by molar-refractivity contribution is 5.71. The van der Waals surface area contributed by atoms with Crippen molar-refractivity contribution in [2.45, 2.75) is 13.3 Å².